The van der Waals surface area contributed by atoms with Crippen molar-refractivity contribution < 1.29 is 14.4 Å². The number of fused-ring (bicyclic) bond motifs is 1. The Morgan fingerprint density at radius 3 is 2.83 bits per heavy atom. The van der Waals surface area contributed by atoms with Gasteiger partial charge in [-0.15, -0.1) is 0 Å². The number of nitriles is 1. The van der Waals surface area contributed by atoms with Gasteiger partial charge in [0, 0.05) is 50.6 Å². The molecule has 0 bridgehead atoms. The van der Waals surface area contributed by atoms with E-state index in [0.29, 0.717) is 44.1 Å². The largest absolute Gasteiger partial charge is 0.322 e. The van der Waals surface area contributed by atoms with Crippen molar-refractivity contribution in [3.05, 3.63) is 34.9 Å². The van der Waals surface area contributed by atoms with Crippen LogP contribution >= 0.6 is 0 Å². The van der Waals surface area contributed by atoms with Gasteiger partial charge in [-0.1, -0.05) is 18.2 Å². The van der Waals surface area contributed by atoms with E-state index >= 15 is 0 Å². The average Bonchev–Trinajstić information content (AvgIpc) is 3.34. The van der Waals surface area contributed by atoms with E-state index < -0.39 is 11.9 Å². The first-order chi connectivity index (χ1) is 14.1. The summed E-state index contributed by atoms with van der Waals surface area (Å²) in [5.41, 5.74) is 2.53. The van der Waals surface area contributed by atoms with Gasteiger partial charge in [0.15, 0.2) is 0 Å². The van der Waals surface area contributed by atoms with Crippen LogP contribution in [-0.4, -0.2) is 59.2 Å². The second-order valence-corrected chi connectivity index (χ2v) is 7.88. The molecule has 29 heavy (non-hydrogen) atoms. The van der Waals surface area contributed by atoms with Crippen LogP contribution in [0.3, 0.4) is 0 Å². The zero-order valence-electron chi connectivity index (χ0n) is 16.3. The van der Waals surface area contributed by atoms with Crippen LogP contribution in [0.5, 0.6) is 0 Å². The van der Waals surface area contributed by atoms with Crippen molar-refractivity contribution in [1.82, 2.24) is 20.4 Å². The molecule has 152 valence electrons. The fourth-order valence-corrected chi connectivity index (χ4v) is 4.58. The lowest BCUT2D eigenvalue weighted by molar-refractivity contribution is -0.136. The zero-order valence-corrected chi connectivity index (χ0v) is 16.3. The minimum atomic E-state index is -0.603. The van der Waals surface area contributed by atoms with Gasteiger partial charge in [0.2, 0.25) is 11.8 Å². The molecule has 2 fully saturated rings. The van der Waals surface area contributed by atoms with E-state index in [2.05, 4.69) is 21.6 Å². The quantitative estimate of drug-likeness (QED) is 0.681. The Labute approximate surface area is 169 Å². The molecule has 0 radical (unpaired) electrons. The first-order valence-corrected chi connectivity index (χ1v) is 10.2. The lowest BCUT2D eigenvalue weighted by Crippen LogP contribution is -2.52. The highest BCUT2D eigenvalue weighted by Gasteiger charge is 2.40. The van der Waals surface area contributed by atoms with Gasteiger partial charge in [0.05, 0.1) is 6.07 Å². The fraction of sp³-hybridized carbons (Fsp3) is 0.524. The molecule has 3 aliphatic heterocycles. The summed E-state index contributed by atoms with van der Waals surface area (Å²) in [4.78, 5) is 40.8. The van der Waals surface area contributed by atoms with Crippen molar-refractivity contribution in [3.63, 3.8) is 0 Å². The van der Waals surface area contributed by atoms with Gasteiger partial charge in [0.1, 0.15) is 6.04 Å². The standard InChI is InChI=1S/C21H25N5O3/c22-8-2-10-25(16-7-9-23-11-16)12-14-3-1-4-15-13-26(21(29)19(14)15)17-5-6-18(27)24-20(17)28/h1,3-4,16-17,23H,2,5-7,9-13H2,(H,24,27,28). The smallest absolute Gasteiger partial charge is 0.255 e. The Kier molecular flexibility index (Phi) is 5.60. The highest BCUT2D eigenvalue weighted by atomic mass is 16.2. The van der Waals surface area contributed by atoms with E-state index in [1.807, 2.05) is 18.2 Å². The molecule has 3 amide bonds. The van der Waals surface area contributed by atoms with Gasteiger partial charge < -0.3 is 10.2 Å². The summed E-state index contributed by atoms with van der Waals surface area (Å²) >= 11 is 0. The maximum Gasteiger partial charge on any atom is 0.255 e. The molecule has 2 saturated heterocycles. The van der Waals surface area contributed by atoms with E-state index in [9.17, 15) is 14.4 Å². The normalized spacial score (nSPS) is 24.0. The number of carbonyl (C=O) groups is 3. The lowest BCUT2D eigenvalue weighted by Gasteiger charge is -2.30. The Balaban J connectivity index is 1.56. The number of nitrogens with one attached hydrogen (secondary N) is 2. The third-order valence-corrected chi connectivity index (χ3v) is 6.07. The van der Waals surface area contributed by atoms with E-state index in [-0.39, 0.29) is 18.2 Å². The lowest BCUT2D eigenvalue weighted by atomic mass is 10.0. The number of imide groups is 1. The molecular formula is C21H25N5O3. The van der Waals surface area contributed by atoms with Crippen LogP contribution in [0.15, 0.2) is 18.2 Å². The zero-order chi connectivity index (χ0) is 20.4. The number of rotatable bonds is 6. The summed E-state index contributed by atoms with van der Waals surface area (Å²) in [6.45, 7) is 3.50. The summed E-state index contributed by atoms with van der Waals surface area (Å²) in [6.07, 6.45) is 2.08. The van der Waals surface area contributed by atoms with E-state index in [1.165, 1.54) is 0 Å². The van der Waals surface area contributed by atoms with Crippen LogP contribution in [0.1, 0.15) is 47.2 Å². The minimum Gasteiger partial charge on any atom is -0.322 e. The average molecular weight is 395 g/mol. The van der Waals surface area contributed by atoms with Gasteiger partial charge in [-0.3, -0.25) is 24.6 Å². The molecule has 1 aromatic carbocycles. The predicted molar refractivity (Wildman–Crippen MR) is 104 cm³/mol. The maximum absolute atomic E-state index is 13.2. The van der Waals surface area contributed by atoms with Crippen molar-refractivity contribution in [3.8, 4) is 6.07 Å². The third-order valence-electron chi connectivity index (χ3n) is 6.07. The Bertz CT molecular complexity index is 872. The van der Waals surface area contributed by atoms with Crippen molar-refractivity contribution in [2.45, 2.75) is 50.9 Å². The molecule has 8 nitrogen and oxygen atoms in total. The second-order valence-electron chi connectivity index (χ2n) is 7.88. The summed E-state index contributed by atoms with van der Waals surface area (Å²) < 4.78 is 0. The number of benzene rings is 1. The Morgan fingerprint density at radius 2 is 2.10 bits per heavy atom. The van der Waals surface area contributed by atoms with E-state index in [4.69, 9.17) is 5.26 Å². The topological polar surface area (TPSA) is 106 Å². The van der Waals surface area contributed by atoms with Gasteiger partial charge in [-0.05, 0) is 30.5 Å². The third kappa shape index (κ3) is 3.88. The van der Waals surface area contributed by atoms with Crippen LogP contribution in [0.4, 0.5) is 0 Å². The van der Waals surface area contributed by atoms with Crippen LogP contribution < -0.4 is 10.6 Å². The van der Waals surface area contributed by atoms with E-state index in [0.717, 1.165) is 30.6 Å². The summed E-state index contributed by atoms with van der Waals surface area (Å²) in [5.74, 6) is -0.819. The number of carbonyl (C=O) groups excluding carboxylic acids is 3. The first kappa shape index (κ1) is 19.6. The highest BCUT2D eigenvalue weighted by Crippen LogP contribution is 2.31. The Morgan fingerprint density at radius 1 is 1.24 bits per heavy atom. The summed E-state index contributed by atoms with van der Waals surface area (Å²) in [5, 5.41) is 14.7. The van der Waals surface area contributed by atoms with Crippen molar-refractivity contribution in [1.29, 1.82) is 5.26 Å². The molecule has 2 N–H and O–H groups in total. The van der Waals surface area contributed by atoms with E-state index in [1.54, 1.807) is 4.90 Å². The van der Waals surface area contributed by atoms with Gasteiger partial charge in [-0.2, -0.15) is 5.26 Å². The molecule has 2 unspecified atom stereocenters. The van der Waals surface area contributed by atoms with Crippen LogP contribution in [0.2, 0.25) is 0 Å². The molecule has 4 rings (SSSR count). The number of nitrogens with zero attached hydrogens (tertiary/aromatic N) is 3. The van der Waals surface area contributed by atoms with Crippen LogP contribution in [-0.2, 0) is 22.7 Å². The number of piperidine rings is 1. The fourth-order valence-electron chi connectivity index (χ4n) is 4.58. The first-order valence-electron chi connectivity index (χ1n) is 10.2. The van der Waals surface area contributed by atoms with Gasteiger partial charge in [-0.25, -0.2) is 0 Å². The monoisotopic (exact) mass is 395 g/mol. The number of hydrogen-bond donors (Lipinski definition) is 2. The number of amides is 3. The molecule has 0 spiro atoms. The predicted octanol–water partition coefficient (Wildman–Crippen LogP) is 0.525. The van der Waals surface area contributed by atoms with Crippen LogP contribution in [0.25, 0.3) is 0 Å². The molecule has 2 atom stereocenters. The maximum atomic E-state index is 13.2. The van der Waals surface area contributed by atoms with Crippen molar-refractivity contribution >= 4 is 17.7 Å². The SMILES string of the molecule is N#CCCN(Cc1cccc2c1C(=O)N(C1CCC(=O)NC1=O)C2)C1CCNC1. The van der Waals surface area contributed by atoms with Gasteiger partial charge >= 0.3 is 0 Å². The molecule has 0 aromatic heterocycles. The van der Waals surface area contributed by atoms with Gasteiger partial charge in [0.25, 0.3) is 5.91 Å². The van der Waals surface area contributed by atoms with Crippen LogP contribution in [0, 0.1) is 11.3 Å². The molecule has 0 aliphatic carbocycles. The Hall–Kier alpha value is -2.76. The second kappa shape index (κ2) is 8.31. The molecule has 1 aromatic rings. The minimum absolute atomic E-state index is 0.144. The van der Waals surface area contributed by atoms with Crippen molar-refractivity contribution in [2.24, 2.45) is 0 Å². The molecule has 0 saturated carbocycles. The molecule has 3 heterocycles. The molecule has 3 aliphatic rings. The number of hydrogen-bond acceptors (Lipinski definition) is 6. The highest BCUT2D eigenvalue weighted by molar-refractivity contribution is 6.05. The summed E-state index contributed by atoms with van der Waals surface area (Å²) in [6, 6.07) is 7.81. The summed E-state index contributed by atoms with van der Waals surface area (Å²) in [7, 11) is 0. The van der Waals surface area contributed by atoms with Crippen molar-refractivity contribution in [2.75, 3.05) is 19.6 Å². The molecule has 8 heteroatoms. The molecular weight excluding hydrogens is 370 g/mol.